The number of unbranched alkanes of at least 4 members (excludes halogenated alkanes) is 1. The average molecular weight is 765 g/mol. The van der Waals surface area contributed by atoms with Crippen LogP contribution in [-0.2, 0) is 10.8 Å². The molecule has 0 aliphatic carbocycles. The van der Waals surface area contributed by atoms with Gasteiger partial charge in [0.15, 0.2) is 11.2 Å². The molecular weight excluding hydrogens is 709 g/mol. The van der Waals surface area contributed by atoms with E-state index in [0.717, 1.165) is 70.4 Å². The van der Waals surface area contributed by atoms with Crippen LogP contribution in [0.2, 0.25) is 0 Å². The van der Waals surface area contributed by atoms with Crippen molar-refractivity contribution in [2.24, 2.45) is 20.9 Å². The maximum Gasteiger partial charge on any atom is 0.227 e. The molecule has 0 aliphatic heterocycles. The highest BCUT2D eigenvalue weighted by molar-refractivity contribution is 5.78. The first-order valence-corrected chi connectivity index (χ1v) is 20.5. The fourth-order valence-electron chi connectivity index (χ4n) is 6.73. The SMILES string of the molecule is CCCCC(CC)CN=c1[nH]c(=Nc2ccc(-c3nc4cc(C(C)(C)CC)ccc4o3)cc2)[nH]c(=Nc2ccc(-c3nc4cc(C(C)(C)CC)ccc4o3)cc2)[nH]1. The first kappa shape index (κ1) is 39.5. The number of H-pyrrole nitrogens is 3. The molecule has 10 heteroatoms. The number of hydrogen-bond acceptors (Lipinski definition) is 7. The summed E-state index contributed by atoms with van der Waals surface area (Å²) >= 11 is 0. The quantitative estimate of drug-likeness (QED) is 0.101. The lowest BCUT2D eigenvalue weighted by molar-refractivity contribution is 0.456. The Bertz CT molecular complexity index is 2500. The van der Waals surface area contributed by atoms with Gasteiger partial charge < -0.3 is 8.83 Å². The molecule has 0 spiro atoms. The van der Waals surface area contributed by atoms with Gasteiger partial charge in [0.2, 0.25) is 28.6 Å². The van der Waals surface area contributed by atoms with Crippen LogP contribution in [0.25, 0.3) is 45.1 Å². The number of nitrogens with one attached hydrogen (secondary N) is 3. The van der Waals surface area contributed by atoms with E-state index in [4.69, 9.17) is 33.8 Å². The van der Waals surface area contributed by atoms with E-state index >= 15 is 0 Å². The second-order valence-corrected chi connectivity index (χ2v) is 16.4. The number of oxazole rings is 2. The fourth-order valence-corrected chi connectivity index (χ4v) is 6.73. The van der Waals surface area contributed by atoms with Gasteiger partial charge in [0.05, 0.1) is 11.4 Å². The molecule has 4 aromatic carbocycles. The van der Waals surface area contributed by atoms with E-state index in [1.165, 1.54) is 24.0 Å². The Balaban J connectivity index is 1.19. The van der Waals surface area contributed by atoms with Crippen LogP contribution in [-0.4, -0.2) is 31.5 Å². The standard InChI is InChI=1S/C47H56N8O2/c1-9-13-14-30(10-2)29-48-43-53-44(49-35-21-15-31(16-22-35)41-51-37-27-33(46(5,6)11-3)19-25-39(37)56-41)55-45(54-43)50-36-23-17-32(18-24-36)42-52-38-28-34(47(7,8)12-4)20-26-40(38)57-42/h15-28,30H,9-14,29H2,1-8H3,(H3,48,49,50,53,54,55). The first-order valence-electron chi connectivity index (χ1n) is 20.5. The summed E-state index contributed by atoms with van der Waals surface area (Å²) in [7, 11) is 0. The van der Waals surface area contributed by atoms with Crippen LogP contribution in [0.1, 0.15) is 105 Å². The molecule has 0 aliphatic rings. The van der Waals surface area contributed by atoms with Crippen LogP contribution in [0.3, 0.4) is 0 Å². The predicted molar refractivity (Wildman–Crippen MR) is 229 cm³/mol. The Kier molecular flexibility index (Phi) is 11.6. The number of rotatable bonds is 14. The van der Waals surface area contributed by atoms with Crippen molar-refractivity contribution in [1.29, 1.82) is 0 Å². The van der Waals surface area contributed by atoms with E-state index in [2.05, 4.69) is 94.6 Å². The molecule has 7 rings (SSSR count). The predicted octanol–water partition coefficient (Wildman–Crippen LogP) is 11.2. The van der Waals surface area contributed by atoms with Crippen LogP contribution in [0.4, 0.5) is 11.4 Å². The highest BCUT2D eigenvalue weighted by atomic mass is 16.4. The number of aromatic nitrogens is 5. The number of hydrogen-bond donors (Lipinski definition) is 3. The van der Waals surface area contributed by atoms with E-state index in [-0.39, 0.29) is 10.8 Å². The molecule has 10 nitrogen and oxygen atoms in total. The van der Waals surface area contributed by atoms with Crippen molar-refractivity contribution in [3.05, 3.63) is 113 Å². The summed E-state index contributed by atoms with van der Waals surface area (Å²) < 4.78 is 12.3. The summed E-state index contributed by atoms with van der Waals surface area (Å²) in [6, 6.07) is 28.3. The largest absolute Gasteiger partial charge is 0.436 e. The lowest BCUT2D eigenvalue weighted by atomic mass is 9.82. The smallest absolute Gasteiger partial charge is 0.227 e. The van der Waals surface area contributed by atoms with Crippen LogP contribution >= 0.6 is 0 Å². The molecule has 0 fully saturated rings. The summed E-state index contributed by atoms with van der Waals surface area (Å²) in [5, 5.41) is 0. The van der Waals surface area contributed by atoms with Crippen LogP contribution < -0.4 is 16.9 Å². The molecular formula is C47H56N8O2. The van der Waals surface area contributed by atoms with Crippen LogP contribution in [0, 0.1) is 5.92 Å². The Labute approximate surface area is 334 Å². The third kappa shape index (κ3) is 9.11. The summed E-state index contributed by atoms with van der Waals surface area (Å²) in [5.74, 6) is 1.67. The molecule has 0 radical (unpaired) electrons. The molecule has 3 aromatic heterocycles. The third-order valence-corrected chi connectivity index (χ3v) is 11.6. The number of benzene rings is 4. The van der Waals surface area contributed by atoms with E-state index in [1.807, 2.05) is 60.7 Å². The monoisotopic (exact) mass is 764 g/mol. The second-order valence-electron chi connectivity index (χ2n) is 16.4. The molecule has 0 saturated carbocycles. The molecule has 0 saturated heterocycles. The highest BCUT2D eigenvalue weighted by Gasteiger charge is 2.21. The average Bonchev–Trinajstić information content (AvgIpc) is 3.86. The van der Waals surface area contributed by atoms with Crippen LogP contribution in [0.15, 0.2) is 109 Å². The second kappa shape index (κ2) is 16.8. The molecule has 1 unspecified atom stereocenters. The van der Waals surface area contributed by atoms with E-state index in [1.54, 1.807) is 0 Å². The summed E-state index contributed by atoms with van der Waals surface area (Å²) in [6.45, 7) is 18.6. The van der Waals surface area contributed by atoms with Crippen LogP contribution in [0.5, 0.6) is 0 Å². The highest BCUT2D eigenvalue weighted by Crippen LogP contribution is 2.33. The summed E-state index contributed by atoms with van der Waals surface area (Å²) in [6.07, 6.45) is 6.68. The molecule has 296 valence electrons. The minimum Gasteiger partial charge on any atom is -0.436 e. The fraction of sp³-hybridized carbons (Fsp3) is 0.383. The van der Waals surface area contributed by atoms with Gasteiger partial charge in [-0.1, -0.05) is 86.8 Å². The van der Waals surface area contributed by atoms with Crippen molar-refractivity contribution < 1.29 is 8.83 Å². The van der Waals surface area contributed by atoms with Gasteiger partial charge in [-0.3, -0.25) is 19.9 Å². The van der Waals surface area contributed by atoms with Gasteiger partial charge >= 0.3 is 0 Å². The summed E-state index contributed by atoms with van der Waals surface area (Å²) in [4.78, 5) is 34.4. The molecule has 0 amide bonds. The van der Waals surface area contributed by atoms with Gasteiger partial charge in [0, 0.05) is 17.7 Å². The zero-order valence-electron chi connectivity index (χ0n) is 34.7. The molecule has 3 heterocycles. The van der Waals surface area contributed by atoms with E-state index in [0.29, 0.717) is 41.1 Å². The van der Waals surface area contributed by atoms with Crippen molar-refractivity contribution in [2.75, 3.05) is 6.54 Å². The lowest BCUT2D eigenvalue weighted by Crippen LogP contribution is -2.37. The lowest BCUT2D eigenvalue weighted by Gasteiger charge is -2.22. The van der Waals surface area contributed by atoms with E-state index < -0.39 is 0 Å². The molecule has 0 bridgehead atoms. The zero-order valence-corrected chi connectivity index (χ0v) is 34.7. The molecule has 57 heavy (non-hydrogen) atoms. The molecule has 1 atom stereocenters. The van der Waals surface area contributed by atoms with Gasteiger partial charge in [-0.05, 0) is 120 Å². The minimum atomic E-state index is 0.0717. The Hall–Kier alpha value is -5.77. The minimum absolute atomic E-state index is 0.0717. The van der Waals surface area contributed by atoms with Gasteiger partial charge in [0.1, 0.15) is 11.0 Å². The maximum atomic E-state index is 6.16. The molecule has 7 aromatic rings. The number of fused-ring (bicyclic) bond motifs is 2. The number of nitrogens with zero attached hydrogens (tertiary/aromatic N) is 5. The van der Waals surface area contributed by atoms with Crippen molar-refractivity contribution in [2.45, 2.75) is 105 Å². The van der Waals surface area contributed by atoms with Crippen molar-refractivity contribution in [1.82, 2.24) is 24.9 Å². The number of aromatic amines is 3. The Morgan fingerprint density at radius 1 is 0.596 bits per heavy atom. The van der Waals surface area contributed by atoms with Crippen molar-refractivity contribution in [3.8, 4) is 22.9 Å². The maximum absolute atomic E-state index is 6.16. The normalized spacial score (nSPS) is 13.5. The van der Waals surface area contributed by atoms with Gasteiger partial charge in [-0.25, -0.2) is 20.0 Å². The van der Waals surface area contributed by atoms with Gasteiger partial charge in [-0.15, -0.1) is 0 Å². The van der Waals surface area contributed by atoms with Crippen molar-refractivity contribution in [3.63, 3.8) is 0 Å². The zero-order chi connectivity index (χ0) is 40.2. The first-order chi connectivity index (χ1) is 27.5. The van der Waals surface area contributed by atoms with Crippen molar-refractivity contribution >= 4 is 33.6 Å². The topological polar surface area (TPSA) is 137 Å². The third-order valence-electron chi connectivity index (χ3n) is 11.6. The Morgan fingerprint density at radius 3 is 1.47 bits per heavy atom. The summed E-state index contributed by atoms with van der Waals surface area (Å²) in [5.41, 5.74) is 10.8. The van der Waals surface area contributed by atoms with Gasteiger partial charge in [-0.2, -0.15) is 0 Å². The van der Waals surface area contributed by atoms with Gasteiger partial charge in [0.25, 0.3) is 0 Å². The molecule has 3 N–H and O–H groups in total. The van der Waals surface area contributed by atoms with E-state index in [9.17, 15) is 0 Å². The Morgan fingerprint density at radius 2 is 1.05 bits per heavy atom.